The molecule has 4 rings (SSSR count). The van der Waals surface area contributed by atoms with E-state index >= 15 is 0 Å². The van der Waals surface area contributed by atoms with Gasteiger partial charge in [0.2, 0.25) is 5.91 Å². The van der Waals surface area contributed by atoms with Crippen LogP contribution in [0.25, 0.3) is 0 Å². The summed E-state index contributed by atoms with van der Waals surface area (Å²) < 4.78 is 0. The minimum atomic E-state index is -0.229. The third kappa shape index (κ3) is 3.68. The number of likely N-dealkylation sites (tertiary alicyclic amines) is 1. The highest BCUT2D eigenvalue weighted by Crippen LogP contribution is 2.34. The van der Waals surface area contributed by atoms with Crippen molar-refractivity contribution in [3.8, 4) is 0 Å². The smallest absolute Gasteiger partial charge is 0.255 e. The lowest BCUT2D eigenvalue weighted by Crippen LogP contribution is -2.40. The number of carbonyl (C=O) groups excluding carboxylic acids is 2. The number of rotatable bonds is 4. The number of fused-ring (bicyclic) bond motifs is 1. The molecule has 0 radical (unpaired) electrons. The SMILES string of the molecule is Cc1ccc([C@H](CC(=O)N2CCC(C)CC2)N2Cc3ccccc3C2=O)cc1. The molecule has 146 valence electrons. The van der Waals surface area contributed by atoms with Crippen LogP contribution in [0.2, 0.25) is 0 Å². The number of piperidine rings is 1. The number of benzene rings is 2. The van der Waals surface area contributed by atoms with Gasteiger partial charge in [-0.2, -0.15) is 0 Å². The lowest BCUT2D eigenvalue weighted by Gasteiger charge is -2.34. The van der Waals surface area contributed by atoms with Crippen LogP contribution in [0.3, 0.4) is 0 Å². The zero-order chi connectivity index (χ0) is 19.7. The van der Waals surface area contributed by atoms with E-state index in [2.05, 4.69) is 38.1 Å². The van der Waals surface area contributed by atoms with Crippen LogP contribution in [0.1, 0.15) is 59.3 Å². The third-order valence-electron chi connectivity index (χ3n) is 6.19. The molecular formula is C24H28N2O2. The Hall–Kier alpha value is -2.62. The van der Waals surface area contributed by atoms with Gasteiger partial charge in [-0.3, -0.25) is 9.59 Å². The molecule has 0 saturated carbocycles. The molecule has 0 bridgehead atoms. The molecule has 2 aromatic rings. The molecule has 2 heterocycles. The summed E-state index contributed by atoms with van der Waals surface area (Å²) in [6.07, 6.45) is 2.47. The number of nitrogens with zero attached hydrogens (tertiary/aromatic N) is 2. The lowest BCUT2D eigenvalue weighted by molar-refractivity contribution is -0.133. The maximum Gasteiger partial charge on any atom is 0.255 e. The molecule has 2 aromatic carbocycles. The highest BCUT2D eigenvalue weighted by atomic mass is 16.2. The number of hydrogen-bond donors (Lipinski definition) is 0. The molecule has 2 aliphatic heterocycles. The minimum absolute atomic E-state index is 0.0289. The summed E-state index contributed by atoms with van der Waals surface area (Å²) in [5.74, 6) is 0.870. The van der Waals surface area contributed by atoms with E-state index in [9.17, 15) is 9.59 Å². The van der Waals surface area contributed by atoms with E-state index in [-0.39, 0.29) is 17.9 Å². The quantitative estimate of drug-likeness (QED) is 0.796. The van der Waals surface area contributed by atoms with Crippen LogP contribution in [0, 0.1) is 12.8 Å². The fourth-order valence-electron chi connectivity index (χ4n) is 4.28. The van der Waals surface area contributed by atoms with E-state index in [4.69, 9.17) is 0 Å². The molecule has 28 heavy (non-hydrogen) atoms. The van der Waals surface area contributed by atoms with Crippen molar-refractivity contribution in [1.29, 1.82) is 0 Å². The van der Waals surface area contributed by atoms with Crippen molar-refractivity contribution in [1.82, 2.24) is 9.80 Å². The standard InChI is InChI=1S/C24H28N2O2/c1-17-7-9-19(10-8-17)22(15-23(27)25-13-11-18(2)12-14-25)26-16-20-5-3-4-6-21(20)24(26)28/h3-10,18,22H,11-16H2,1-2H3/t22-/m0/s1. The molecule has 4 heteroatoms. The predicted octanol–water partition coefficient (Wildman–Crippen LogP) is 4.34. The van der Waals surface area contributed by atoms with E-state index in [1.807, 2.05) is 34.1 Å². The van der Waals surface area contributed by atoms with Gasteiger partial charge in [0.25, 0.3) is 5.91 Å². The van der Waals surface area contributed by atoms with Crippen molar-refractivity contribution >= 4 is 11.8 Å². The Morgan fingerprint density at radius 3 is 2.43 bits per heavy atom. The summed E-state index contributed by atoms with van der Waals surface area (Å²) in [7, 11) is 0. The maximum absolute atomic E-state index is 13.1. The van der Waals surface area contributed by atoms with Gasteiger partial charge in [0.15, 0.2) is 0 Å². The van der Waals surface area contributed by atoms with Crippen LogP contribution in [-0.2, 0) is 11.3 Å². The first-order valence-corrected chi connectivity index (χ1v) is 10.3. The topological polar surface area (TPSA) is 40.6 Å². The number of amides is 2. The van der Waals surface area contributed by atoms with E-state index < -0.39 is 0 Å². The van der Waals surface area contributed by atoms with E-state index in [0.717, 1.165) is 42.6 Å². The summed E-state index contributed by atoms with van der Waals surface area (Å²) in [5, 5.41) is 0. The summed E-state index contributed by atoms with van der Waals surface area (Å²) in [5.41, 5.74) is 4.02. The Bertz CT molecular complexity index is 866. The Kier molecular flexibility index (Phi) is 5.21. The molecule has 1 fully saturated rings. The number of carbonyl (C=O) groups is 2. The van der Waals surface area contributed by atoms with Crippen molar-refractivity contribution in [2.75, 3.05) is 13.1 Å². The van der Waals surface area contributed by atoms with Crippen LogP contribution in [0.4, 0.5) is 0 Å². The van der Waals surface area contributed by atoms with Crippen LogP contribution in [0.5, 0.6) is 0 Å². The van der Waals surface area contributed by atoms with Gasteiger partial charge in [-0.1, -0.05) is 55.0 Å². The molecule has 0 aliphatic carbocycles. The summed E-state index contributed by atoms with van der Waals surface area (Å²) in [6, 6.07) is 15.8. The lowest BCUT2D eigenvalue weighted by atomic mass is 9.97. The summed E-state index contributed by atoms with van der Waals surface area (Å²) in [6.45, 7) is 6.52. The molecule has 2 amide bonds. The third-order valence-corrected chi connectivity index (χ3v) is 6.19. The predicted molar refractivity (Wildman–Crippen MR) is 110 cm³/mol. The van der Waals surface area contributed by atoms with Crippen molar-refractivity contribution in [2.24, 2.45) is 5.92 Å². The van der Waals surface area contributed by atoms with Gasteiger partial charge in [-0.05, 0) is 42.9 Å². The van der Waals surface area contributed by atoms with E-state index in [0.29, 0.717) is 18.9 Å². The zero-order valence-electron chi connectivity index (χ0n) is 16.7. The second kappa shape index (κ2) is 7.78. The van der Waals surface area contributed by atoms with E-state index in [1.54, 1.807) is 0 Å². The normalized spacial score (nSPS) is 18.3. The highest BCUT2D eigenvalue weighted by molar-refractivity contribution is 5.98. The second-order valence-electron chi connectivity index (χ2n) is 8.28. The maximum atomic E-state index is 13.1. The molecular weight excluding hydrogens is 348 g/mol. The monoisotopic (exact) mass is 376 g/mol. The number of aryl methyl sites for hydroxylation is 1. The first kappa shape index (κ1) is 18.7. The second-order valence-corrected chi connectivity index (χ2v) is 8.28. The summed E-state index contributed by atoms with van der Waals surface area (Å²) in [4.78, 5) is 30.0. The van der Waals surface area contributed by atoms with Gasteiger partial charge >= 0.3 is 0 Å². The van der Waals surface area contributed by atoms with Crippen LogP contribution in [0.15, 0.2) is 48.5 Å². The minimum Gasteiger partial charge on any atom is -0.343 e. The molecule has 0 aromatic heterocycles. The highest BCUT2D eigenvalue weighted by Gasteiger charge is 2.35. The molecule has 4 nitrogen and oxygen atoms in total. The van der Waals surface area contributed by atoms with Crippen molar-refractivity contribution in [3.05, 3.63) is 70.8 Å². The van der Waals surface area contributed by atoms with Gasteiger partial charge in [0, 0.05) is 25.2 Å². The van der Waals surface area contributed by atoms with Crippen molar-refractivity contribution in [2.45, 2.75) is 45.7 Å². The molecule has 0 N–H and O–H groups in total. The van der Waals surface area contributed by atoms with Gasteiger partial charge in [0.1, 0.15) is 0 Å². The Morgan fingerprint density at radius 1 is 1.07 bits per heavy atom. The van der Waals surface area contributed by atoms with E-state index in [1.165, 1.54) is 5.56 Å². The Balaban J connectivity index is 1.59. The zero-order valence-corrected chi connectivity index (χ0v) is 16.7. The van der Waals surface area contributed by atoms with Crippen LogP contribution >= 0.6 is 0 Å². The fraction of sp³-hybridized carbons (Fsp3) is 0.417. The van der Waals surface area contributed by atoms with Gasteiger partial charge in [-0.15, -0.1) is 0 Å². The molecule has 2 aliphatic rings. The molecule has 1 atom stereocenters. The molecule has 0 unspecified atom stereocenters. The van der Waals surface area contributed by atoms with Gasteiger partial charge in [-0.25, -0.2) is 0 Å². The number of hydrogen-bond acceptors (Lipinski definition) is 2. The van der Waals surface area contributed by atoms with Gasteiger partial charge < -0.3 is 9.80 Å². The molecule has 1 saturated heterocycles. The largest absolute Gasteiger partial charge is 0.343 e. The Morgan fingerprint density at radius 2 is 1.75 bits per heavy atom. The summed E-state index contributed by atoms with van der Waals surface area (Å²) >= 11 is 0. The molecule has 0 spiro atoms. The van der Waals surface area contributed by atoms with Gasteiger partial charge in [0.05, 0.1) is 12.5 Å². The van der Waals surface area contributed by atoms with Crippen LogP contribution in [-0.4, -0.2) is 34.7 Å². The average molecular weight is 377 g/mol. The van der Waals surface area contributed by atoms with Crippen LogP contribution < -0.4 is 0 Å². The van der Waals surface area contributed by atoms with Crippen molar-refractivity contribution in [3.63, 3.8) is 0 Å². The first-order valence-electron chi connectivity index (χ1n) is 10.3. The first-order chi connectivity index (χ1) is 13.5. The van der Waals surface area contributed by atoms with Crippen molar-refractivity contribution < 1.29 is 9.59 Å². The fourth-order valence-corrected chi connectivity index (χ4v) is 4.28. The average Bonchev–Trinajstić information content (AvgIpc) is 3.04. The Labute approximate surface area is 167 Å².